The van der Waals surface area contributed by atoms with Gasteiger partial charge in [-0.3, -0.25) is 0 Å². The van der Waals surface area contributed by atoms with E-state index in [9.17, 15) is 0 Å². The SMILES string of the molecule is COc1ccc(N(c2ccc(OC)cc2)c2ccc(-c3ccc(N(c4ccc(OC)cc4)c4ccc(C5(c6ccc(N(c7ccc(OC)cc7)c7ccc(C8=CCC(N(c9ccc(OC)cc9)c9ccc(OC)cc9)C=C8)cc7)cc6)CCCCC5)cc4)cc3)cc2)cc1. The van der Waals surface area contributed by atoms with E-state index in [0.29, 0.717) is 0 Å². The molecule has 11 aromatic rings. The van der Waals surface area contributed by atoms with Crippen molar-refractivity contribution in [2.24, 2.45) is 0 Å². The first-order valence-corrected chi connectivity index (χ1v) is 32.2. The van der Waals surface area contributed by atoms with Crippen molar-refractivity contribution in [3.63, 3.8) is 0 Å². The van der Waals surface area contributed by atoms with Crippen LogP contribution in [0, 0.1) is 0 Å². The highest BCUT2D eigenvalue weighted by molar-refractivity contribution is 5.84. The van der Waals surface area contributed by atoms with E-state index in [1.807, 2.05) is 72.8 Å². The summed E-state index contributed by atoms with van der Waals surface area (Å²) in [6.45, 7) is 0. The summed E-state index contributed by atoms with van der Waals surface area (Å²) < 4.78 is 33.3. The van der Waals surface area contributed by atoms with Crippen molar-refractivity contribution >= 4 is 68.1 Å². The lowest BCUT2D eigenvalue weighted by molar-refractivity contribution is 0.346. The molecule has 0 radical (unpaired) electrons. The predicted molar refractivity (Wildman–Crippen MR) is 386 cm³/mol. The van der Waals surface area contributed by atoms with Crippen LogP contribution >= 0.6 is 0 Å². The lowest BCUT2D eigenvalue weighted by Gasteiger charge is -2.39. The Kier molecular flexibility index (Phi) is 18.5. The van der Waals surface area contributed by atoms with E-state index in [1.165, 1.54) is 36.0 Å². The van der Waals surface area contributed by atoms with Gasteiger partial charge in [0.25, 0.3) is 0 Å². The Morgan fingerprint density at radius 3 is 0.777 bits per heavy atom. The lowest BCUT2D eigenvalue weighted by atomic mass is 9.65. The van der Waals surface area contributed by atoms with E-state index >= 15 is 0 Å². The normalized spacial score (nSPS) is 14.0. The number of allylic oxidation sites excluding steroid dienone is 2. The molecule has 1 fully saturated rings. The molecular formula is C84H78N4O6. The van der Waals surface area contributed by atoms with E-state index in [4.69, 9.17) is 28.4 Å². The third-order valence-corrected chi connectivity index (χ3v) is 18.5. The molecule has 1 saturated carbocycles. The van der Waals surface area contributed by atoms with E-state index < -0.39 is 0 Å². The molecule has 0 N–H and O–H groups in total. The number of methoxy groups -OCH3 is 6. The monoisotopic (exact) mass is 1240 g/mol. The summed E-state index contributed by atoms with van der Waals surface area (Å²) in [6.07, 6.45) is 13.5. The van der Waals surface area contributed by atoms with Crippen LogP contribution in [0.2, 0.25) is 0 Å². The first-order chi connectivity index (χ1) is 46.2. The van der Waals surface area contributed by atoms with E-state index in [2.05, 4.69) is 232 Å². The summed E-state index contributed by atoms with van der Waals surface area (Å²) in [5.74, 6) is 4.89. The van der Waals surface area contributed by atoms with Gasteiger partial charge in [-0.25, -0.2) is 0 Å². The number of ether oxygens (including phenoxy) is 6. The van der Waals surface area contributed by atoms with Gasteiger partial charge in [0.1, 0.15) is 34.5 Å². The van der Waals surface area contributed by atoms with Crippen molar-refractivity contribution in [1.82, 2.24) is 0 Å². The molecule has 10 nitrogen and oxygen atoms in total. The van der Waals surface area contributed by atoms with Crippen LogP contribution in [0.1, 0.15) is 55.2 Å². The van der Waals surface area contributed by atoms with E-state index in [0.717, 1.165) is 133 Å². The Morgan fingerprint density at radius 2 is 0.521 bits per heavy atom. The van der Waals surface area contributed by atoms with Crippen LogP contribution in [0.15, 0.2) is 285 Å². The fourth-order valence-electron chi connectivity index (χ4n) is 13.5. The molecule has 0 amide bonds. The van der Waals surface area contributed by atoms with Gasteiger partial charge in [0.05, 0.1) is 48.7 Å². The predicted octanol–water partition coefficient (Wildman–Crippen LogP) is 21.6. The Balaban J connectivity index is 0.760. The molecule has 0 aliphatic heterocycles. The summed E-state index contributed by atoms with van der Waals surface area (Å²) in [6, 6.07) is 95.0. The zero-order chi connectivity index (χ0) is 64.4. The van der Waals surface area contributed by atoms with Gasteiger partial charge < -0.3 is 48.0 Å². The molecule has 10 heteroatoms. The van der Waals surface area contributed by atoms with Gasteiger partial charge in [-0.1, -0.05) is 98.2 Å². The van der Waals surface area contributed by atoms with Crippen molar-refractivity contribution in [3.8, 4) is 45.6 Å². The summed E-state index contributed by atoms with van der Waals surface area (Å²) >= 11 is 0. The minimum Gasteiger partial charge on any atom is -0.497 e. The smallest absolute Gasteiger partial charge is 0.119 e. The third-order valence-electron chi connectivity index (χ3n) is 18.5. The van der Waals surface area contributed by atoms with Crippen LogP contribution in [-0.4, -0.2) is 48.7 Å². The van der Waals surface area contributed by atoms with E-state index in [-0.39, 0.29) is 11.5 Å². The number of hydrogen-bond acceptors (Lipinski definition) is 10. The summed E-state index contributed by atoms with van der Waals surface area (Å²) in [5.41, 5.74) is 18.7. The summed E-state index contributed by atoms with van der Waals surface area (Å²) in [5, 5.41) is 0. The number of nitrogens with zero attached hydrogens (tertiary/aromatic N) is 4. The number of benzene rings is 11. The molecule has 11 aromatic carbocycles. The van der Waals surface area contributed by atoms with Gasteiger partial charge in [-0.2, -0.15) is 0 Å². The van der Waals surface area contributed by atoms with Crippen LogP contribution in [-0.2, 0) is 5.41 Å². The Labute approximate surface area is 553 Å². The van der Waals surface area contributed by atoms with Crippen LogP contribution < -0.4 is 48.0 Å². The van der Waals surface area contributed by atoms with Gasteiger partial charge in [-0.05, 0) is 259 Å². The molecule has 13 rings (SSSR count). The maximum absolute atomic E-state index is 5.64. The first kappa shape index (κ1) is 61.7. The highest BCUT2D eigenvalue weighted by atomic mass is 16.5. The fourth-order valence-corrected chi connectivity index (χ4v) is 13.5. The number of anilines is 11. The van der Waals surface area contributed by atoms with E-state index in [1.54, 1.807) is 42.7 Å². The highest BCUT2D eigenvalue weighted by Gasteiger charge is 2.36. The molecule has 1 unspecified atom stereocenters. The standard InChI is InChI=1S/C84H78N4O6/c1-89-78-46-34-72(35-47-78)85(66-22-10-60(11-23-66)62-14-26-68(27-15-62)87(74-38-50-80(91-3)51-39-74)75-40-52-81(92-4)53-41-75)70-30-18-64(19-31-70)84(58-8-7-9-59-84)65-20-32-71(33-21-65)86(73-36-48-79(90-2)49-37-73)67-24-12-61(13-25-67)63-16-28-69(29-17-63)88(76-42-54-82(93-5)55-43-76)77-44-56-83(94-6)57-45-77/h10-28,30-57,69H,7-9,29,58-59H2,1-6H3. The summed E-state index contributed by atoms with van der Waals surface area (Å²) in [7, 11) is 10.2. The maximum atomic E-state index is 5.64. The number of rotatable bonds is 22. The maximum Gasteiger partial charge on any atom is 0.119 e. The van der Waals surface area contributed by atoms with Crippen LogP contribution in [0.25, 0.3) is 16.7 Å². The molecule has 0 heterocycles. The zero-order valence-electron chi connectivity index (χ0n) is 54.2. The quantitative estimate of drug-likeness (QED) is 0.0655. The Bertz CT molecular complexity index is 4230. The second kappa shape index (κ2) is 28.2. The molecule has 0 bridgehead atoms. The van der Waals surface area contributed by atoms with Crippen molar-refractivity contribution in [3.05, 3.63) is 302 Å². The van der Waals surface area contributed by atoms with Crippen LogP contribution in [0.5, 0.6) is 34.5 Å². The molecule has 0 spiro atoms. The van der Waals surface area contributed by atoms with Crippen LogP contribution in [0.4, 0.5) is 62.6 Å². The molecule has 0 aromatic heterocycles. The fraction of sp³-hybridized carbons (Fsp3) is 0.167. The van der Waals surface area contributed by atoms with Gasteiger partial charge in [-0.15, -0.1) is 0 Å². The van der Waals surface area contributed by atoms with Crippen molar-refractivity contribution < 1.29 is 28.4 Å². The zero-order valence-corrected chi connectivity index (χ0v) is 54.2. The first-order valence-electron chi connectivity index (χ1n) is 32.2. The third kappa shape index (κ3) is 13.1. The molecule has 470 valence electrons. The second-order valence-corrected chi connectivity index (χ2v) is 23.8. The average Bonchev–Trinajstić information content (AvgIpc) is 0.794. The molecule has 94 heavy (non-hydrogen) atoms. The highest BCUT2D eigenvalue weighted by Crippen LogP contribution is 2.48. The minimum absolute atomic E-state index is 0.103. The van der Waals surface area contributed by atoms with Gasteiger partial charge in [0, 0.05) is 68.0 Å². The summed E-state index contributed by atoms with van der Waals surface area (Å²) in [4.78, 5) is 9.29. The topological polar surface area (TPSA) is 68.3 Å². The van der Waals surface area contributed by atoms with Gasteiger partial charge in [0.15, 0.2) is 0 Å². The molecule has 2 aliphatic rings. The Hall–Kier alpha value is -11.1. The Morgan fingerprint density at radius 1 is 0.277 bits per heavy atom. The molecule has 2 aliphatic carbocycles. The number of hydrogen-bond donors (Lipinski definition) is 0. The van der Waals surface area contributed by atoms with Crippen molar-refractivity contribution in [2.45, 2.75) is 50.0 Å². The van der Waals surface area contributed by atoms with Crippen molar-refractivity contribution in [1.29, 1.82) is 0 Å². The van der Waals surface area contributed by atoms with Gasteiger partial charge >= 0.3 is 0 Å². The molecule has 0 saturated heterocycles. The lowest BCUT2D eigenvalue weighted by Crippen LogP contribution is -2.30. The largest absolute Gasteiger partial charge is 0.497 e. The second-order valence-electron chi connectivity index (χ2n) is 23.8. The average molecular weight is 1240 g/mol. The molecular weight excluding hydrogens is 1160 g/mol. The van der Waals surface area contributed by atoms with Gasteiger partial charge in [0.2, 0.25) is 0 Å². The minimum atomic E-state index is -0.148. The molecule has 1 atom stereocenters. The van der Waals surface area contributed by atoms with Crippen molar-refractivity contribution in [2.75, 3.05) is 62.3 Å². The van der Waals surface area contributed by atoms with Crippen LogP contribution in [0.3, 0.4) is 0 Å².